The Balaban J connectivity index is 2.31. The Bertz CT molecular complexity index is 387. The molecule has 3 heteroatoms. The molecule has 0 unspecified atom stereocenters. The van der Waals surface area contributed by atoms with Crippen molar-refractivity contribution in [3.05, 3.63) is 11.6 Å². The molecule has 0 radical (unpaired) electrons. The fourth-order valence-electron chi connectivity index (χ4n) is 3.99. The van der Waals surface area contributed by atoms with Crippen molar-refractivity contribution in [2.24, 2.45) is 23.2 Å². The average Bonchev–Trinajstić information content (AvgIpc) is 2.34. The highest BCUT2D eigenvalue weighted by Gasteiger charge is 2.53. The maximum atomic E-state index is 11.2. The standard InChI is InChI=1S/C16H26O3/c1-6-14-15-10(2)7-11(3)16(9-19-14,12(15)4)8-18-13(5)17/h7,11-12,14-15H,6,8-9H2,1-5H3/t11-,12-,14+,15-,16-/m1/s1. The Morgan fingerprint density at radius 1 is 1.53 bits per heavy atom. The molecule has 0 N–H and O–H groups in total. The van der Waals surface area contributed by atoms with Crippen LogP contribution in [-0.2, 0) is 14.3 Å². The van der Waals surface area contributed by atoms with Gasteiger partial charge in [0.05, 0.1) is 19.3 Å². The monoisotopic (exact) mass is 266 g/mol. The largest absolute Gasteiger partial charge is 0.465 e. The first-order valence-electron chi connectivity index (χ1n) is 7.35. The Kier molecular flexibility index (Phi) is 4.05. The summed E-state index contributed by atoms with van der Waals surface area (Å²) in [5.41, 5.74) is 1.38. The lowest BCUT2D eigenvalue weighted by Crippen LogP contribution is -2.56. The molecular formula is C16H26O3. The zero-order valence-corrected chi connectivity index (χ0v) is 12.7. The van der Waals surface area contributed by atoms with Gasteiger partial charge >= 0.3 is 5.97 Å². The van der Waals surface area contributed by atoms with Gasteiger partial charge in [0.1, 0.15) is 0 Å². The van der Waals surface area contributed by atoms with E-state index in [1.807, 2.05) is 0 Å². The van der Waals surface area contributed by atoms with Gasteiger partial charge in [0.2, 0.25) is 0 Å². The van der Waals surface area contributed by atoms with Crippen LogP contribution in [0, 0.1) is 23.2 Å². The summed E-state index contributed by atoms with van der Waals surface area (Å²) in [6.07, 6.45) is 3.71. The van der Waals surface area contributed by atoms with Gasteiger partial charge in [0.15, 0.2) is 0 Å². The van der Waals surface area contributed by atoms with E-state index in [1.54, 1.807) is 0 Å². The van der Waals surface area contributed by atoms with E-state index < -0.39 is 0 Å². The Labute approximate surface area is 116 Å². The van der Waals surface area contributed by atoms with Crippen LogP contribution >= 0.6 is 0 Å². The van der Waals surface area contributed by atoms with Crippen LogP contribution in [0.2, 0.25) is 0 Å². The van der Waals surface area contributed by atoms with E-state index in [9.17, 15) is 4.79 Å². The highest BCUT2D eigenvalue weighted by molar-refractivity contribution is 5.65. The van der Waals surface area contributed by atoms with E-state index in [-0.39, 0.29) is 11.4 Å². The zero-order valence-electron chi connectivity index (χ0n) is 12.7. The fourth-order valence-corrected chi connectivity index (χ4v) is 3.99. The third-order valence-corrected chi connectivity index (χ3v) is 5.30. The predicted molar refractivity (Wildman–Crippen MR) is 74.7 cm³/mol. The minimum atomic E-state index is -0.200. The van der Waals surface area contributed by atoms with Crippen molar-refractivity contribution in [2.75, 3.05) is 13.2 Å². The molecule has 1 fully saturated rings. The molecule has 2 bridgehead atoms. The molecule has 2 aliphatic rings. The molecule has 0 spiro atoms. The number of hydrogen-bond donors (Lipinski definition) is 0. The van der Waals surface area contributed by atoms with Crippen molar-refractivity contribution in [2.45, 2.75) is 47.1 Å². The van der Waals surface area contributed by atoms with Crippen LogP contribution in [0.25, 0.3) is 0 Å². The molecule has 1 heterocycles. The Morgan fingerprint density at radius 3 is 2.79 bits per heavy atom. The fraction of sp³-hybridized carbons (Fsp3) is 0.812. The van der Waals surface area contributed by atoms with Gasteiger partial charge in [-0.2, -0.15) is 0 Å². The van der Waals surface area contributed by atoms with Crippen LogP contribution in [-0.4, -0.2) is 25.3 Å². The van der Waals surface area contributed by atoms with Gasteiger partial charge in [0, 0.05) is 18.3 Å². The molecule has 1 aliphatic carbocycles. The first-order chi connectivity index (χ1) is 8.92. The average molecular weight is 266 g/mol. The summed E-state index contributed by atoms with van der Waals surface area (Å²) in [5, 5.41) is 0. The molecule has 5 atom stereocenters. The summed E-state index contributed by atoms with van der Waals surface area (Å²) in [6.45, 7) is 11.6. The summed E-state index contributed by atoms with van der Waals surface area (Å²) >= 11 is 0. The summed E-state index contributed by atoms with van der Waals surface area (Å²) in [5.74, 6) is 1.14. The molecule has 0 aromatic rings. The van der Waals surface area contributed by atoms with E-state index in [4.69, 9.17) is 9.47 Å². The van der Waals surface area contributed by atoms with Gasteiger partial charge in [-0.25, -0.2) is 0 Å². The summed E-state index contributed by atoms with van der Waals surface area (Å²) in [7, 11) is 0. The third kappa shape index (κ3) is 2.33. The summed E-state index contributed by atoms with van der Waals surface area (Å²) in [6, 6.07) is 0. The van der Waals surface area contributed by atoms with E-state index >= 15 is 0 Å². The van der Waals surface area contributed by atoms with Crippen molar-refractivity contribution >= 4 is 5.97 Å². The normalized spacial score (nSPS) is 41.6. The zero-order chi connectivity index (χ0) is 14.2. The van der Waals surface area contributed by atoms with Gasteiger partial charge in [0.25, 0.3) is 0 Å². The SMILES string of the molecule is CC[C@@H]1OC[C@]2(COC(C)=O)[C@H](C)C=C(C)[C@@H]1[C@H]2C. The number of esters is 1. The van der Waals surface area contributed by atoms with Crippen molar-refractivity contribution in [1.29, 1.82) is 0 Å². The van der Waals surface area contributed by atoms with Crippen molar-refractivity contribution in [1.82, 2.24) is 0 Å². The second kappa shape index (κ2) is 5.28. The summed E-state index contributed by atoms with van der Waals surface area (Å²) in [4.78, 5) is 11.2. The second-order valence-electron chi connectivity index (χ2n) is 6.28. The van der Waals surface area contributed by atoms with Crippen LogP contribution in [0.15, 0.2) is 11.6 Å². The number of carbonyl (C=O) groups is 1. The molecule has 19 heavy (non-hydrogen) atoms. The molecule has 1 aliphatic heterocycles. The highest BCUT2D eigenvalue weighted by atomic mass is 16.5. The lowest BCUT2D eigenvalue weighted by atomic mass is 9.56. The lowest BCUT2D eigenvalue weighted by molar-refractivity contribution is -0.179. The molecule has 0 aromatic carbocycles. The van der Waals surface area contributed by atoms with Gasteiger partial charge in [-0.15, -0.1) is 0 Å². The minimum absolute atomic E-state index is 0.0541. The van der Waals surface area contributed by atoms with Crippen molar-refractivity contribution < 1.29 is 14.3 Å². The van der Waals surface area contributed by atoms with Crippen LogP contribution in [0.4, 0.5) is 0 Å². The van der Waals surface area contributed by atoms with Crippen LogP contribution < -0.4 is 0 Å². The van der Waals surface area contributed by atoms with Crippen molar-refractivity contribution in [3.8, 4) is 0 Å². The van der Waals surface area contributed by atoms with Crippen LogP contribution in [0.1, 0.15) is 41.0 Å². The molecular weight excluding hydrogens is 240 g/mol. The number of allylic oxidation sites excluding steroid dienone is 1. The molecule has 0 aromatic heterocycles. The Hall–Kier alpha value is -0.830. The van der Waals surface area contributed by atoms with Gasteiger partial charge in [-0.3, -0.25) is 4.79 Å². The maximum Gasteiger partial charge on any atom is 0.302 e. The van der Waals surface area contributed by atoms with E-state index in [0.29, 0.717) is 37.1 Å². The van der Waals surface area contributed by atoms with Gasteiger partial charge in [-0.05, 0) is 25.2 Å². The maximum absolute atomic E-state index is 11.2. The van der Waals surface area contributed by atoms with E-state index in [2.05, 4.69) is 33.8 Å². The van der Waals surface area contributed by atoms with Gasteiger partial charge < -0.3 is 9.47 Å². The third-order valence-electron chi connectivity index (χ3n) is 5.30. The first kappa shape index (κ1) is 14.6. The van der Waals surface area contributed by atoms with Gasteiger partial charge in [-0.1, -0.05) is 32.4 Å². The van der Waals surface area contributed by atoms with Crippen molar-refractivity contribution in [3.63, 3.8) is 0 Å². The number of hydrogen-bond acceptors (Lipinski definition) is 3. The molecule has 1 saturated heterocycles. The Morgan fingerprint density at radius 2 is 2.21 bits per heavy atom. The number of fused-ring (bicyclic) bond motifs is 2. The smallest absolute Gasteiger partial charge is 0.302 e. The van der Waals surface area contributed by atoms with E-state index in [1.165, 1.54) is 12.5 Å². The van der Waals surface area contributed by atoms with Crippen LogP contribution in [0.5, 0.6) is 0 Å². The second-order valence-corrected chi connectivity index (χ2v) is 6.28. The number of carbonyl (C=O) groups excluding carboxylic acids is 1. The number of ether oxygens (including phenoxy) is 2. The quantitative estimate of drug-likeness (QED) is 0.581. The molecule has 0 amide bonds. The minimum Gasteiger partial charge on any atom is -0.465 e. The lowest BCUT2D eigenvalue weighted by Gasteiger charge is -2.55. The topological polar surface area (TPSA) is 35.5 Å². The summed E-state index contributed by atoms with van der Waals surface area (Å²) < 4.78 is 11.5. The highest BCUT2D eigenvalue weighted by Crippen LogP contribution is 2.53. The molecule has 3 nitrogen and oxygen atoms in total. The van der Waals surface area contributed by atoms with Crippen LogP contribution in [0.3, 0.4) is 0 Å². The molecule has 108 valence electrons. The molecule has 2 rings (SSSR count). The first-order valence-corrected chi connectivity index (χ1v) is 7.35. The predicted octanol–water partition coefficient (Wildman–Crippen LogP) is 3.19. The molecule has 0 saturated carbocycles. The van der Waals surface area contributed by atoms with E-state index in [0.717, 1.165) is 6.42 Å². The number of rotatable bonds is 3.